The Bertz CT molecular complexity index is 1950. The number of carboxylic acids is 1. The quantitative estimate of drug-likeness (QED) is 0.108. The first-order valence-corrected chi connectivity index (χ1v) is 17.5. The van der Waals surface area contributed by atoms with Crippen LogP contribution in [-0.2, 0) is 9.59 Å². The van der Waals surface area contributed by atoms with E-state index >= 15 is 0 Å². The number of anilines is 1. The minimum absolute atomic E-state index is 0.138. The Morgan fingerprint density at radius 1 is 0.776 bits per heavy atom. The summed E-state index contributed by atoms with van der Waals surface area (Å²) < 4.78 is 0. The van der Waals surface area contributed by atoms with Crippen LogP contribution in [0, 0.1) is 5.92 Å². The van der Waals surface area contributed by atoms with Crippen molar-refractivity contribution < 1.29 is 29.4 Å². The van der Waals surface area contributed by atoms with Crippen LogP contribution in [0.4, 0.5) is 5.69 Å². The van der Waals surface area contributed by atoms with Crippen LogP contribution < -0.4 is 21.2 Å². The van der Waals surface area contributed by atoms with E-state index < -0.39 is 48.5 Å². The molecule has 0 saturated carbocycles. The fraction of sp³-hybridized carbons (Fsp3) is 0.128. The predicted octanol–water partition coefficient (Wildman–Crippen LogP) is 4.32. The Kier molecular flexibility index (Phi) is 9.67. The number of hydrogen-bond acceptors (Lipinski definition) is 6. The van der Waals surface area contributed by atoms with Gasteiger partial charge in [-0.15, -0.1) is 0 Å². The van der Waals surface area contributed by atoms with Gasteiger partial charge in [-0.3, -0.25) is 19.4 Å². The van der Waals surface area contributed by atoms with E-state index in [1.54, 1.807) is 42.7 Å². The maximum absolute atomic E-state index is 14.1. The number of amides is 2. The van der Waals surface area contributed by atoms with Gasteiger partial charge in [-0.25, -0.2) is 4.79 Å². The van der Waals surface area contributed by atoms with Crippen LogP contribution in [0.25, 0.3) is 0 Å². The number of hydrogen-bond donors (Lipinski definition) is 3. The predicted molar refractivity (Wildman–Crippen MR) is 191 cm³/mol. The van der Waals surface area contributed by atoms with Crippen molar-refractivity contribution >= 4 is 57.5 Å². The summed E-state index contributed by atoms with van der Waals surface area (Å²) in [6.45, 7) is -1.80. The molecule has 2 amide bonds. The number of pyridine rings is 1. The molecule has 4 aromatic carbocycles. The molecule has 246 valence electrons. The highest BCUT2D eigenvalue weighted by molar-refractivity contribution is 7.96. The van der Waals surface area contributed by atoms with Crippen LogP contribution in [0.3, 0.4) is 0 Å². The molecule has 0 unspecified atom stereocenters. The second-order valence-corrected chi connectivity index (χ2v) is 15.1. The number of rotatable bonds is 11. The molecule has 1 aliphatic rings. The van der Waals surface area contributed by atoms with Crippen molar-refractivity contribution in [2.45, 2.75) is 25.5 Å². The summed E-state index contributed by atoms with van der Waals surface area (Å²) in [5.74, 6) is -3.70. The first-order chi connectivity index (χ1) is 23.7. The number of carboxylic acid groups (broad SMARTS) is 1. The molecule has 0 aliphatic carbocycles. The fourth-order valence-electron chi connectivity index (χ4n) is 6.53. The summed E-state index contributed by atoms with van der Waals surface area (Å²) >= 11 is 0. The number of Topliss-reactive ketones (excluding diaryl/α,β-unsaturated/α-hetero) is 1. The van der Waals surface area contributed by atoms with Gasteiger partial charge in [-0.2, -0.15) is 0 Å². The van der Waals surface area contributed by atoms with Crippen LogP contribution in [0.1, 0.15) is 34.1 Å². The standard InChI is InChI=1S/C39H34N3O6P/c1-26(43)35-33(25-34(44)27-12-11-13-28(24-27)36(45)41-29-20-22-40-23-21-29)42(37(35)46)38(39(47)48)49(30-14-5-2-6-15-30,31-16-7-3-8-17-31)32-18-9-4-10-19-32/h2-24,26,33,35,43H,25H2,1H3,(H,47,48)(H,40,41,45)/t26-,33-,35+/m1/s1. The van der Waals surface area contributed by atoms with Crippen LogP contribution >= 0.6 is 6.89 Å². The Morgan fingerprint density at radius 3 is 1.78 bits per heavy atom. The number of β-lactam (4-membered cyclic amide) rings is 1. The van der Waals surface area contributed by atoms with Gasteiger partial charge in [-0.1, -0.05) is 103 Å². The largest absolute Gasteiger partial charge is 0.477 e. The zero-order chi connectivity index (χ0) is 34.5. The SMILES string of the molecule is C[C@@H](O)[C@@H]1C(=O)N(C(C(=O)O)=P(c2ccccc2)(c2ccccc2)c2ccccc2)[C@@H]1CC(=O)c1cccc(C(=O)Nc2ccncc2)c1. The maximum Gasteiger partial charge on any atom is 0.353 e. The lowest BCUT2D eigenvalue weighted by molar-refractivity contribution is -0.156. The molecule has 1 aromatic heterocycles. The van der Waals surface area contributed by atoms with E-state index in [1.165, 1.54) is 17.9 Å². The lowest BCUT2D eigenvalue weighted by Crippen LogP contribution is -2.68. The highest BCUT2D eigenvalue weighted by atomic mass is 31.2. The average Bonchev–Trinajstić information content (AvgIpc) is 3.13. The molecule has 1 aliphatic heterocycles. The second kappa shape index (κ2) is 14.2. The molecule has 6 rings (SSSR count). The third-order valence-corrected chi connectivity index (χ3v) is 13.0. The van der Waals surface area contributed by atoms with E-state index in [-0.39, 0.29) is 23.0 Å². The van der Waals surface area contributed by atoms with Gasteiger partial charge in [-0.05, 0) is 47.1 Å². The zero-order valence-corrected chi connectivity index (χ0v) is 27.5. The number of carbonyl (C=O) groups excluding carboxylic acids is 3. The lowest BCUT2D eigenvalue weighted by atomic mass is 9.79. The average molecular weight is 672 g/mol. The van der Waals surface area contributed by atoms with E-state index in [0.717, 1.165) is 15.9 Å². The molecule has 9 nitrogen and oxygen atoms in total. The summed E-state index contributed by atoms with van der Waals surface area (Å²) in [4.78, 5) is 59.9. The summed E-state index contributed by atoms with van der Waals surface area (Å²) in [6, 6.07) is 36.3. The number of nitrogens with zero attached hydrogens (tertiary/aromatic N) is 2. The Morgan fingerprint density at radius 2 is 1.29 bits per heavy atom. The van der Waals surface area contributed by atoms with Gasteiger partial charge in [0.05, 0.1) is 18.1 Å². The maximum atomic E-state index is 14.1. The van der Waals surface area contributed by atoms with Crippen molar-refractivity contribution in [1.82, 2.24) is 9.88 Å². The number of carbonyl (C=O) groups is 4. The molecule has 49 heavy (non-hydrogen) atoms. The third kappa shape index (κ3) is 6.34. The molecule has 10 heteroatoms. The van der Waals surface area contributed by atoms with E-state index in [0.29, 0.717) is 5.69 Å². The van der Waals surface area contributed by atoms with Crippen LogP contribution in [0.15, 0.2) is 140 Å². The first kappa shape index (κ1) is 33.3. The topological polar surface area (TPSA) is 137 Å². The molecule has 3 atom stereocenters. The number of nitrogens with one attached hydrogen (secondary N) is 1. The Hall–Kier alpha value is -5.63. The highest BCUT2D eigenvalue weighted by Gasteiger charge is 2.55. The molecule has 0 spiro atoms. The summed E-state index contributed by atoms with van der Waals surface area (Å²) in [7, 11) is 0. The monoisotopic (exact) mass is 671 g/mol. The van der Waals surface area contributed by atoms with E-state index in [2.05, 4.69) is 10.3 Å². The van der Waals surface area contributed by atoms with E-state index in [4.69, 9.17) is 0 Å². The molecule has 3 N–H and O–H groups in total. The fourth-order valence-corrected chi connectivity index (χ4v) is 10.9. The molecular formula is C39H34N3O6P. The van der Waals surface area contributed by atoms with Crippen molar-refractivity contribution in [2.24, 2.45) is 5.92 Å². The van der Waals surface area contributed by atoms with Crippen molar-refractivity contribution in [3.05, 3.63) is 151 Å². The second-order valence-electron chi connectivity index (χ2n) is 11.7. The number of aliphatic hydroxyl groups is 1. The third-order valence-electron chi connectivity index (χ3n) is 8.74. The van der Waals surface area contributed by atoms with Crippen LogP contribution in [0.5, 0.6) is 0 Å². The van der Waals surface area contributed by atoms with E-state index in [1.807, 2.05) is 91.0 Å². The van der Waals surface area contributed by atoms with Crippen molar-refractivity contribution in [3.63, 3.8) is 0 Å². The Balaban J connectivity index is 1.49. The summed E-state index contributed by atoms with van der Waals surface area (Å²) in [5.41, 5.74) is 0.870. The van der Waals surface area contributed by atoms with Gasteiger partial charge in [0.1, 0.15) is 5.42 Å². The molecule has 1 fully saturated rings. The van der Waals surface area contributed by atoms with E-state index in [9.17, 15) is 29.4 Å². The molecule has 5 aromatic rings. The molecule has 0 bridgehead atoms. The number of likely N-dealkylation sites (tertiary alicyclic amines) is 1. The number of aliphatic carboxylic acids is 1. The number of aromatic nitrogens is 1. The summed E-state index contributed by atoms with van der Waals surface area (Å²) in [6.07, 6.45) is 1.68. The van der Waals surface area contributed by atoms with Crippen LogP contribution in [0.2, 0.25) is 0 Å². The molecule has 2 heterocycles. The van der Waals surface area contributed by atoms with Crippen LogP contribution in [-0.4, -0.2) is 61.2 Å². The minimum atomic E-state index is -3.27. The van der Waals surface area contributed by atoms with Gasteiger partial charge >= 0.3 is 5.97 Å². The van der Waals surface area contributed by atoms with Crippen molar-refractivity contribution in [2.75, 3.05) is 5.32 Å². The zero-order valence-electron chi connectivity index (χ0n) is 26.6. The minimum Gasteiger partial charge on any atom is -0.477 e. The molecule has 1 saturated heterocycles. The number of aliphatic hydroxyl groups excluding tert-OH is 1. The van der Waals surface area contributed by atoms with Gasteiger partial charge in [0.25, 0.3) is 5.91 Å². The van der Waals surface area contributed by atoms with Gasteiger partial charge in [0.15, 0.2) is 5.78 Å². The van der Waals surface area contributed by atoms with Gasteiger partial charge in [0.2, 0.25) is 5.91 Å². The summed E-state index contributed by atoms with van der Waals surface area (Å²) in [5, 5.41) is 26.9. The highest BCUT2D eigenvalue weighted by Crippen LogP contribution is 2.49. The van der Waals surface area contributed by atoms with Gasteiger partial charge in [0, 0.05) is 42.5 Å². The lowest BCUT2D eigenvalue weighted by Gasteiger charge is -2.50. The number of ketones is 1. The number of benzene rings is 4. The molecular weight excluding hydrogens is 637 g/mol. The first-order valence-electron chi connectivity index (χ1n) is 15.8. The normalized spacial score (nSPS) is 16.3. The Labute approximate surface area is 283 Å². The smallest absolute Gasteiger partial charge is 0.353 e. The van der Waals surface area contributed by atoms with Crippen molar-refractivity contribution in [1.29, 1.82) is 0 Å². The van der Waals surface area contributed by atoms with Crippen molar-refractivity contribution in [3.8, 4) is 0 Å². The molecule has 0 radical (unpaired) electrons. The van der Waals surface area contributed by atoms with Gasteiger partial charge < -0.3 is 20.4 Å².